The number of hydrogen-bond donors (Lipinski definition) is 0. The molecule has 5 nitrogen and oxygen atoms in total. The van der Waals surface area contributed by atoms with Crippen LogP contribution >= 0.6 is 27.5 Å². The van der Waals surface area contributed by atoms with Crippen LogP contribution in [-0.4, -0.2) is 28.1 Å². The molecule has 3 aromatic rings. The molecule has 7 heteroatoms. The van der Waals surface area contributed by atoms with E-state index in [9.17, 15) is 0 Å². The summed E-state index contributed by atoms with van der Waals surface area (Å²) in [6, 6.07) is 10.5. The predicted octanol–water partition coefficient (Wildman–Crippen LogP) is 5.40. The van der Waals surface area contributed by atoms with Crippen LogP contribution in [0, 0.1) is 0 Å². The highest BCUT2D eigenvalue weighted by atomic mass is 79.9. The number of benzene rings is 1. The lowest BCUT2D eigenvalue weighted by Crippen LogP contribution is -2.33. The molecular formula is C20H20BrClN4O. The van der Waals surface area contributed by atoms with Crippen LogP contribution in [0.25, 0.3) is 11.0 Å². The van der Waals surface area contributed by atoms with Crippen molar-refractivity contribution in [3.63, 3.8) is 0 Å². The number of halogens is 2. The van der Waals surface area contributed by atoms with Crippen molar-refractivity contribution in [3.8, 4) is 5.75 Å². The summed E-state index contributed by atoms with van der Waals surface area (Å²) in [7, 11) is 1.68. The predicted molar refractivity (Wildman–Crippen MR) is 111 cm³/mol. The molecule has 0 bridgehead atoms. The van der Waals surface area contributed by atoms with Gasteiger partial charge in [-0.1, -0.05) is 25.0 Å². The molecule has 0 unspecified atom stereocenters. The summed E-state index contributed by atoms with van der Waals surface area (Å²) in [5.74, 6) is 1.66. The Morgan fingerprint density at radius 3 is 2.63 bits per heavy atom. The van der Waals surface area contributed by atoms with Crippen molar-refractivity contribution in [1.82, 2.24) is 15.0 Å². The van der Waals surface area contributed by atoms with Gasteiger partial charge in [-0.2, -0.15) is 4.98 Å². The van der Waals surface area contributed by atoms with Gasteiger partial charge in [-0.3, -0.25) is 0 Å². The lowest BCUT2D eigenvalue weighted by molar-refractivity contribution is 0.414. The Balaban J connectivity index is 1.77. The second kappa shape index (κ2) is 7.98. The fraction of sp³-hybridized carbons (Fsp3) is 0.350. The lowest BCUT2D eigenvalue weighted by atomic mass is 10.1. The van der Waals surface area contributed by atoms with E-state index in [0.717, 1.165) is 46.5 Å². The fourth-order valence-corrected chi connectivity index (χ4v) is 4.16. The fourth-order valence-electron chi connectivity index (χ4n) is 3.67. The van der Waals surface area contributed by atoms with Gasteiger partial charge in [0, 0.05) is 23.3 Å². The Morgan fingerprint density at radius 1 is 1.19 bits per heavy atom. The molecule has 27 heavy (non-hydrogen) atoms. The molecule has 1 fully saturated rings. The Kier molecular flexibility index (Phi) is 5.45. The Morgan fingerprint density at radius 2 is 1.93 bits per heavy atom. The average Bonchev–Trinajstić information content (AvgIpc) is 3.20. The van der Waals surface area contributed by atoms with Crippen molar-refractivity contribution in [1.29, 1.82) is 0 Å². The standard InChI is InChI=1S/C20H20BrClN4O/c1-27-16-8-6-13(7-9-16)12-26(15-4-2-3-5-15)19-18-17(24-20(22)25-19)10-14(21)11-23-18/h6-11,15H,2-5,12H2,1H3. The first kappa shape index (κ1) is 18.4. The molecule has 0 aliphatic heterocycles. The van der Waals surface area contributed by atoms with Crippen LogP contribution in [0.2, 0.25) is 5.28 Å². The quantitative estimate of drug-likeness (QED) is 0.490. The van der Waals surface area contributed by atoms with Crippen LogP contribution in [0.15, 0.2) is 41.0 Å². The number of methoxy groups -OCH3 is 1. The molecule has 0 saturated heterocycles. The summed E-state index contributed by atoms with van der Waals surface area (Å²) in [4.78, 5) is 15.9. The van der Waals surface area contributed by atoms with Crippen LogP contribution in [0.3, 0.4) is 0 Å². The Labute approximate surface area is 171 Å². The van der Waals surface area contributed by atoms with Gasteiger partial charge >= 0.3 is 0 Å². The van der Waals surface area contributed by atoms with Crippen molar-refractivity contribution in [2.45, 2.75) is 38.3 Å². The van der Waals surface area contributed by atoms with Crippen LogP contribution in [0.1, 0.15) is 31.2 Å². The van der Waals surface area contributed by atoms with Gasteiger partial charge in [0.15, 0.2) is 5.82 Å². The molecule has 140 valence electrons. The second-order valence-corrected chi connectivity index (χ2v) is 8.01. The van der Waals surface area contributed by atoms with Crippen molar-refractivity contribution < 1.29 is 4.74 Å². The maximum atomic E-state index is 6.26. The third-order valence-corrected chi connectivity index (χ3v) is 5.61. The molecule has 0 atom stereocenters. The van der Waals surface area contributed by atoms with E-state index in [1.165, 1.54) is 18.4 Å². The van der Waals surface area contributed by atoms with Crippen LogP contribution in [0.5, 0.6) is 5.75 Å². The molecule has 0 spiro atoms. The third-order valence-electron chi connectivity index (χ3n) is 5.01. The minimum absolute atomic E-state index is 0.245. The maximum Gasteiger partial charge on any atom is 0.225 e. The van der Waals surface area contributed by atoms with Crippen molar-refractivity contribution >= 4 is 44.4 Å². The number of anilines is 1. The number of ether oxygens (including phenoxy) is 1. The third kappa shape index (κ3) is 4.01. The van der Waals surface area contributed by atoms with E-state index in [-0.39, 0.29) is 5.28 Å². The largest absolute Gasteiger partial charge is 0.497 e. The molecule has 1 aliphatic rings. The van der Waals surface area contributed by atoms with Gasteiger partial charge in [0.2, 0.25) is 5.28 Å². The summed E-state index contributed by atoms with van der Waals surface area (Å²) < 4.78 is 6.15. The minimum Gasteiger partial charge on any atom is -0.497 e. The van der Waals surface area contributed by atoms with Crippen molar-refractivity contribution in [2.24, 2.45) is 0 Å². The van der Waals surface area contributed by atoms with Gasteiger partial charge in [0.1, 0.15) is 11.3 Å². The second-order valence-electron chi connectivity index (χ2n) is 6.75. The number of aromatic nitrogens is 3. The van der Waals surface area contributed by atoms with E-state index in [1.54, 1.807) is 13.3 Å². The molecule has 0 radical (unpaired) electrons. The van der Waals surface area contributed by atoms with E-state index < -0.39 is 0 Å². The van der Waals surface area contributed by atoms with Gasteiger partial charge < -0.3 is 9.64 Å². The van der Waals surface area contributed by atoms with Crippen LogP contribution in [0.4, 0.5) is 5.82 Å². The van der Waals surface area contributed by atoms with E-state index in [2.05, 4.69) is 47.9 Å². The van der Waals surface area contributed by atoms with E-state index in [0.29, 0.717) is 6.04 Å². The first-order chi connectivity index (χ1) is 13.1. The Bertz CT molecular complexity index is 939. The summed E-state index contributed by atoms with van der Waals surface area (Å²) in [6.45, 7) is 0.745. The van der Waals surface area contributed by atoms with Crippen LogP contribution < -0.4 is 9.64 Å². The smallest absolute Gasteiger partial charge is 0.225 e. The molecule has 1 aliphatic carbocycles. The van der Waals surface area contributed by atoms with Crippen molar-refractivity contribution in [2.75, 3.05) is 12.0 Å². The zero-order valence-corrected chi connectivity index (χ0v) is 17.4. The van der Waals surface area contributed by atoms with Gasteiger partial charge in [-0.25, -0.2) is 9.97 Å². The van der Waals surface area contributed by atoms with Crippen LogP contribution in [-0.2, 0) is 6.54 Å². The lowest BCUT2D eigenvalue weighted by Gasteiger charge is -2.30. The molecule has 4 rings (SSSR count). The molecule has 0 amide bonds. The van der Waals surface area contributed by atoms with Crippen molar-refractivity contribution in [3.05, 3.63) is 51.8 Å². The molecule has 1 saturated carbocycles. The van der Waals surface area contributed by atoms with Gasteiger partial charge in [0.25, 0.3) is 0 Å². The molecule has 2 aromatic heterocycles. The highest BCUT2D eigenvalue weighted by molar-refractivity contribution is 9.10. The molecular weight excluding hydrogens is 428 g/mol. The Hall–Kier alpha value is -1.92. The molecule has 2 heterocycles. The molecule has 1 aromatic carbocycles. The zero-order valence-electron chi connectivity index (χ0n) is 15.0. The first-order valence-electron chi connectivity index (χ1n) is 9.02. The summed E-state index contributed by atoms with van der Waals surface area (Å²) in [6.07, 6.45) is 6.55. The SMILES string of the molecule is COc1ccc(CN(c2nc(Cl)nc3cc(Br)cnc23)C2CCCC2)cc1. The number of fused-ring (bicyclic) bond motifs is 1. The average molecular weight is 448 g/mol. The number of pyridine rings is 1. The summed E-state index contributed by atoms with van der Waals surface area (Å²) in [5.41, 5.74) is 2.72. The maximum absolute atomic E-state index is 6.26. The zero-order chi connectivity index (χ0) is 18.8. The topological polar surface area (TPSA) is 51.1 Å². The van der Waals surface area contributed by atoms with E-state index in [4.69, 9.17) is 16.3 Å². The summed E-state index contributed by atoms with van der Waals surface area (Å²) >= 11 is 9.72. The number of rotatable bonds is 5. The van der Waals surface area contributed by atoms with E-state index in [1.807, 2.05) is 18.2 Å². The minimum atomic E-state index is 0.245. The monoisotopic (exact) mass is 446 g/mol. The van der Waals surface area contributed by atoms with Gasteiger partial charge in [-0.05, 0) is 64.1 Å². The summed E-state index contributed by atoms with van der Waals surface area (Å²) in [5, 5.41) is 0.245. The van der Waals surface area contributed by atoms with Gasteiger partial charge in [-0.15, -0.1) is 0 Å². The normalized spacial score (nSPS) is 14.6. The number of hydrogen-bond acceptors (Lipinski definition) is 5. The van der Waals surface area contributed by atoms with Gasteiger partial charge in [0.05, 0.1) is 12.6 Å². The molecule has 0 N–H and O–H groups in total. The number of nitrogens with zero attached hydrogens (tertiary/aromatic N) is 4. The van der Waals surface area contributed by atoms with E-state index >= 15 is 0 Å². The first-order valence-corrected chi connectivity index (χ1v) is 10.2. The highest BCUT2D eigenvalue weighted by Crippen LogP contribution is 2.33. The highest BCUT2D eigenvalue weighted by Gasteiger charge is 2.26.